The molecule has 1 aliphatic heterocycles. The molecular formula is C28H32BrN3O3S. The van der Waals surface area contributed by atoms with Gasteiger partial charge in [-0.05, 0) is 42.8 Å². The lowest BCUT2D eigenvalue weighted by atomic mass is 10.2. The summed E-state index contributed by atoms with van der Waals surface area (Å²) in [5.74, 6) is -0.195. The summed E-state index contributed by atoms with van der Waals surface area (Å²) in [6.07, 6.45) is 0. The average molecular weight is 571 g/mol. The largest absolute Gasteiger partial charge is 0.379 e. The number of rotatable bonds is 10. The number of benzene rings is 2. The lowest BCUT2D eigenvalue weighted by Crippen LogP contribution is -2.47. The zero-order valence-corrected chi connectivity index (χ0v) is 23.0. The molecule has 0 N–H and O–H groups in total. The summed E-state index contributed by atoms with van der Waals surface area (Å²) in [4.78, 5) is 35.4. The van der Waals surface area contributed by atoms with E-state index in [1.165, 1.54) is 4.88 Å². The molecule has 0 aliphatic carbocycles. The molecule has 2 heterocycles. The van der Waals surface area contributed by atoms with E-state index in [-0.39, 0.29) is 18.4 Å². The fraction of sp³-hybridized carbons (Fsp3) is 0.357. The van der Waals surface area contributed by atoms with Gasteiger partial charge in [0.05, 0.1) is 19.8 Å². The van der Waals surface area contributed by atoms with Gasteiger partial charge in [-0.2, -0.15) is 0 Å². The van der Waals surface area contributed by atoms with Gasteiger partial charge in [-0.1, -0.05) is 52.3 Å². The van der Waals surface area contributed by atoms with Gasteiger partial charge in [-0.3, -0.25) is 14.5 Å². The first kappa shape index (κ1) is 26.5. The Morgan fingerprint density at radius 1 is 0.972 bits per heavy atom. The van der Waals surface area contributed by atoms with E-state index in [9.17, 15) is 9.59 Å². The van der Waals surface area contributed by atoms with Crippen LogP contribution in [0.4, 0.5) is 0 Å². The van der Waals surface area contributed by atoms with Gasteiger partial charge < -0.3 is 14.5 Å². The van der Waals surface area contributed by atoms with Crippen molar-refractivity contribution in [3.63, 3.8) is 0 Å². The molecule has 3 aromatic rings. The number of halogens is 1. The van der Waals surface area contributed by atoms with Crippen molar-refractivity contribution in [1.29, 1.82) is 0 Å². The predicted octanol–water partition coefficient (Wildman–Crippen LogP) is 4.82. The molecule has 2 aromatic carbocycles. The molecule has 36 heavy (non-hydrogen) atoms. The number of aryl methyl sites for hydroxylation is 1. The lowest BCUT2D eigenvalue weighted by Gasteiger charge is -2.31. The molecule has 0 atom stereocenters. The van der Waals surface area contributed by atoms with E-state index in [2.05, 4.69) is 39.9 Å². The third-order valence-corrected chi connectivity index (χ3v) is 7.67. The van der Waals surface area contributed by atoms with Crippen molar-refractivity contribution in [2.75, 3.05) is 45.9 Å². The van der Waals surface area contributed by atoms with Crippen LogP contribution in [0.1, 0.15) is 25.7 Å². The molecule has 8 heteroatoms. The van der Waals surface area contributed by atoms with Gasteiger partial charge >= 0.3 is 0 Å². The van der Waals surface area contributed by atoms with Crippen molar-refractivity contribution in [1.82, 2.24) is 14.7 Å². The smallest absolute Gasteiger partial charge is 0.254 e. The highest BCUT2D eigenvalue weighted by Crippen LogP contribution is 2.20. The Bertz CT molecular complexity index is 1150. The predicted molar refractivity (Wildman–Crippen MR) is 147 cm³/mol. The number of hydrogen-bond acceptors (Lipinski definition) is 5. The van der Waals surface area contributed by atoms with Crippen LogP contribution in [0.3, 0.4) is 0 Å². The fourth-order valence-corrected chi connectivity index (χ4v) is 5.51. The van der Waals surface area contributed by atoms with E-state index < -0.39 is 0 Å². The Morgan fingerprint density at radius 2 is 1.75 bits per heavy atom. The molecule has 0 unspecified atom stereocenters. The summed E-state index contributed by atoms with van der Waals surface area (Å²) < 4.78 is 6.30. The molecule has 2 amide bonds. The van der Waals surface area contributed by atoms with Gasteiger partial charge in [0.15, 0.2) is 0 Å². The highest BCUT2D eigenvalue weighted by atomic mass is 79.9. The first-order valence-electron chi connectivity index (χ1n) is 12.2. The summed E-state index contributed by atoms with van der Waals surface area (Å²) in [5.41, 5.74) is 1.64. The fourth-order valence-electron chi connectivity index (χ4n) is 4.20. The number of amides is 2. The highest BCUT2D eigenvalue weighted by Gasteiger charge is 2.24. The van der Waals surface area contributed by atoms with Crippen molar-refractivity contribution < 1.29 is 14.3 Å². The normalized spacial score (nSPS) is 13.9. The second-order valence-corrected chi connectivity index (χ2v) is 11.2. The first-order valence-corrected chi connectivity index (χ1v) is 13.8. The van der Waals surface area contributed by atoms with E-state index in [1.54, 1.807) is 22.3 Å². The number of ether oxygens (including phenoxy) is 1. The van der Waals surface area contributed by atoms with E-state index in [1.807, 2.05) is 53.4 Å². The van der Waals surface area contributed by atoms with Gasteiger partial charge in [0.1, 0.15) is 6.54 Å². The molecule has 4 rings (SSSR count). The minimum Gasteiger partial charge on any atom is -0.379 e. The van der Waals surface area contributed by atoms with E-state index in [0.717, 1.165) is 28.0 Å². The van der Waals surface area contributed by atoms with Crippen molar-refractivity contribution in [3.8, 4) is 0 Å². The van der Waals surface area contributed by atoms with Crippen molar-refractivity contribution >= 4 is 39.1 Å². The molecule has 1 fully saturated rings. The van der Waals surface area contributed by atoms with Gasteiger partial charge in [-0.25, -0.2) is 0 Å². The maximum absolute atomic E-state index is 13.7. The second-order valence-electron chi connectivity index (χ2n) is 8.94. The van der Waals surface area contributed by atoms with Crippen LogP contribution in [0.15, 0.2) is 71.2 Å². The SMILES string of the molecule is Cc1ccc(CN(Cc2ccccc2)C(=O)CN(CCN2CCOCC2)C(=O)c2cccc(Br)c2)s1. The van der Waals surface area contributed by atoms with E-state index in [4.69, 9.17) is 4.74 Å². The number of morpholine rings is 1. The summed E-state index contributed by atoms with van der Waals surface area (Å²) in [6.45, 7) is 7.39. The Balaban J connectivity index is 1.52. The minimum absolute atomic E-state index is 0.0346. The molecule has 0 bridgehead atoms. The van der Waals surface area contributed by atoms with Crippen LogP contribution in [0.2, 0.25) is 0 Å². The van der Waals surface area contributed by atoms with Crippen molar-refractivity contribution in [2.45, 2.75) is 20.0 Å². The summed E-state index contributed by atoms with van der Waals surface area (Å²) >= 11 is 5.16. The van der Waals surface area contributed by atoms with E-state index in [0.29, 0.717) is 45.0 Å². The highest BCUT2D eigenvalue weighted by molar-refractivity contribution is 9.10. The summed E-state index contributed by atoms with van der Waals surface area (Å²) in [7, 11) is 0. The Hall–Kier alpha value is -2.52. The monoisotopic (exact) mass is 569 g/mol. The first-order chi connectivity index (χ1) is 17.5. The Labute approximate surface area is 225 Å². The van der Waals surface area contributed by atoms with Crippen molar-refractivity contribution in [3.05, 3.63) is 92.1 Å². The number of nitrogens with zero attached hydrogens (tertiary/aromatic N) is 3. The minimum atomic E-state index is -0.135. The summed E-state index contributed by atoms with van der Waals surface area (Å²) in [6, 6.07) is 21.5. The van der Waals surface area contributed by atoms with Crippen LogP contribution in [0.25, 0.3) is 0 Å². The quantitative estimate of drug-likeness (QED) is 0.351. The van der Waals surface area contributed by atoms with Crippen LogP contribution < -0.4 is 0 Å². The standard InChI is InChI=1S/C28H32BrN3O3S/c1-22-10-11-26(36-22)20-32(19-23-6-3-2-4-7-23)27(33)21-31(13-12-30-14-16-35-17-15-30)28(34)24-8-5-9-25(29)18-24/h2-11,18H,12-17,19-21H2,1H3. The summed E-state index contributed by atoms with van der Waals surface area (Å²) in [5, 5.41) is 0. The number of thiophene rings is 1. The van der Waals surface area contributed by atoms with Crippen LogP contribution in [0.5, 0.6) is 0 Å². The molecule has 0 saturated carbocycles. The van der Waals surface area contributed by atoms with Crippen LogP contribution in [0, 0.1) is 6.92 Å². The Kier molecular flexibility index (Phi) is 9.69. The number of carbonyl (C=O) groups excluding carboxylic acids is 2. The number of hydrogen-bond donors (Lipinski definition) is 0. The molecule has 0 spiro atoms. The Morgan fingerprint density at radius 3 is 2.44 bits per heavy atom. The molecule has 1 saturated heterocycles. The maximum atomic E-state index is 13.7. The average Bonchev–Trinajstić information content (AvgIpc) is 3.31. The van der Waals surface area contributed by atoms with E-state index >= 15 is 0 Å². The van der Waals surface area contributed by atoms with Gasteiger partial charge in [0.2, 0.25) is 5.91 Å². The molecule has 0 radical (unpaired) electrons. The zero-order valence-electron chi connectivity index (χ0n) is 20.6. The topological polar surface area (TPSA) is 53.1 Å². The second kappa shape index (κ2) is 13.1. The molecule has 1 aliphatic rings. The molecular weight excluding hydrogens is 538 g/mol. The van der Waals surface area contributed by atoms with Crippen LogP contribution >= 0.6 is 27.3 Å². The number of carbonyl (C=O) groups is 2. The van der Waals surface area contributed by atoms with Gasteiger partial charge in [0.25, 0.3) is 5.91 Å². The molecule has 1 aromatic heterocycles. The lowest BCUT2D eigenvalue weighted by molar-refractivity contribution is -0.133. The maximum Gasteiger partial charge on any atom is 0.254 e. The van der Waals surface area contributed by atoms with Gasteiger partial charge in [0, 0.05) is 52.5 Å². The zero-order chi connectivity index (χ0) is 25.3. The van der Waals surface area contributed by atoms with Crippen LogP contribution in [-0.2, 0) is 22.6 Å². The van der Waals surface area contributed by atoms with Crippen molar-refractivity contribution in [2.24, 2.45) is 0 Å². The third kappa shape index (κ3) is 7.74. The van der Waals surface area contributed by atoms with Crippen LogP contribution in [-0.4, -0.2) is 72.5 Å². The van der Waals surface area contributed by atoms with Gasteiger partial charge in [-0.15, -0.1) is 11.3 Å². The molecule has 190 valence electrons. The molecule has 6 nitrogen and oxygen atoms in total. The third-order valence-electron chi connectivity index (χ3n) is 6.19.